The summed E-state index contributed by atoms with van der Waals surface area (Å²) in [7, 11) is 0. The van der Waals surface area contributed by atoms with E-state index in [2.05, 4.69) is 69.4 Å². The quantitative estimate of drug-likeness (QED) is 0.0262. The van der Waals surface area contributed by atoms with Gasteiger partial charge in [0.05, 0.1) is 0 Å². The first-order chi connectivity index (χ1) is 31.5. The van der Waals surface area contributed by atoms with Crippen molar-refractivity contribution < 1.29 is 28.6 Å². The molecule has 0 aliphatic carbocycles. The van der Waals surface area contributed by atoms with Crippen LogP contribution in [0.3, 0.4) is 0 Å². The molecule has 6 heteroatoms. The molecule has 0 aromatic rings. The van der Waals surface area contributed by atoms with E-state index < -0.39 is 6.10 Å². The molecule has 0 N–H and O–H groups in total. The monoisotopic (exact) mass is 897 g/mol. The number of carbonyl (C=O) groups is 3. The Balaban J connectivity index is 4.37. The van der Waals surface area contributed by atoms with Crippen molar-refractivity contribution in [1.29, 1.82) is 0 Å². The average Bonchev–Trinajstić information content (AvgIpc) is 3.29. The van der Waals surface area contributed by atoms with Gasteiger partial charge in [-0.3, -0.25) is 14.4 Å². The Labute approximate surface area is 397 Å². The zero-order chi connectivity index (χ0) is 46.5. The van der Waals surface area contributed by atoms with Gasteiger partial charge in [0.15, 0.2) is 6.10 Å². The maximum atomic E-state index is 12.8. The largest absolute Gasteiger partial charge is 0.462 e. The van der Waals surface area contributed by atoms with Gasteiger partial charge in [-0.25, -0.2) is 0 Å². The molecule has 0 saturated heterocycles. The van der Waals surface area contributed by atoms with Crippen molar-refractivity contribution in [3.05, 3.63) is 48.6 Å². The summed E-state index contributed by atoms with van der Waals surface area (Å²) in [5.74, 6) is -0.889. The molecule has 0 heterocycles. The zero-order valence-electron chi connectivity index (χ0n) is 42.6. The third-order valence-electron chi connectivity index (χ3n) is 12.1. The Bertz CT molecular complexity index is 1120. The fourth-order valence-corrected chi connectivity index (χ4v) is 7.96. The lowest BCUT2D eigenvalue weighted by Gasteiger charge is -2.18. The summed E-state index contributed by atoms with van der Waals surface area (Å²) in [6.07, 6.45) is 63.8. The van der Waals surface area contributed by atoms with Crippen LogP contribution >= 0.6 is 0 Å². The van der Waals surface area contributed by atoms with Crippen LogP contribution in [0.15, 0.2) is 48.6 Å². The van der Waals surface area contributed by atoms with Gasteiger partial charge in [0, 0.05) is 19.3 Å². The van der Waals surface area contributed by atoms with E-state index in [9.17, 15) is 14.4 Å². The Hall–Kier alpha value is -2.63. The van der Waals surface area contributed by atoms with Crippen LogP contribution in [0.25, 0.3) is 0 Å². The summed E-state index contributed by atoms with van der Waals surface area (Å²) in [6.45, 7) is 6.53. The van der Waals surface area contributed by atoms with Gasteiger partial charge in [0.25, 0.3) is 0 Å². The summed E-state index contributed by atoms with van der Waals surface area (Å²) in [5.41, 5.74) is 0. The molecule has 64 heavy (non-hydrogen) atoms. The molecule has 0 aliphatic rings. The molecule has 0 saturated carbocycles. The maximum absolute atomic E-state index is 12.8. The van der Waals surface area contributed by atoms with Crippen LogP contribution in [0, 0.1) is 0 Å². The first-order valence-corrected chi connectivity index (χ1v) is 27.6. The fraction of sp³-hybridized carbons (Fsp3) is 0.810. The smallest absolute Gasteiger partial charge is 0.306 e. The molecule has 0 unspecified atom stereocenters. The number of hydrogen-bond acceptors (Lipinski definition) is 6. The lowest BCUT2D eigenvalue weighted by molar-refractivity contribution is -0.167. The Morgan fingerprint density at radius 2 is 0.609 bits per heavy atom. The molecule has 1 atom stereocenters. The summed E-state index contributed by atoms with van der Waals surface area (Å²) < 4.78 is 16.8. The number of esters is 3. The van der Waals surface area contributed by atoms with Crippen molar-refractivity contribution >= 4 is 17.9 Å². The number of carbonyl (C=O) groups excluding carboxylic acids is 3. The molecule has 0 amide bonds. The third kappa shape index (κ3) is 50.4. The highest BCUT2D eigenvalue weighted by Crippen LogP contribution is 2.16. The van der Waals surface area contributed by atoms with E-state index in [0.29, 0.717) is 19.3 Å². The van der Waals surface area contributed by atoms with Crippen molar-refractivity contribution in [3.8, 4) is 0 Å². The first kappa shape index (κ1) is 61.4. The van der Waals surface area contributed by atoms with Gasteiger partial charge in [-0.2, -0.15) is 0 Å². The molecule has 0 aliphatic heterocycles. The van der Waals surface area contributed by atoms with E-state index >= 15 is 0 Å². The maximum Gasteiger partial charge on any atom is 0.306 e. The first-order valence-electron chi connectivity index (χ1n) is 27.6. The fourth-order valence-electron chi connectivity index (χ4n) is 7.96. The standard InChI is InChI=1S/C58H104O6/c1-4-7-10-13-16-19-22-25-27-29-31-33-36-39-42-45-48-51-57(60)63-54-55(53-62-56(59)50-47-44-41-38-35-24-21-18-15-12-9-6-3)64-58(61)52-49-46-43-40-37-34-32-30-28-26-23-20-17-14-11-8-5-2/h8,11,17,20,26,28,32,34,55H,4-7,9-10,12-16,18-19,21-25,27,29-31,33,35-54H2,1-3H3/b11-8-,20-17-,28-26-,34-32-/t55-/m0/s1. The van der Waals surface area contributed by atoms with Gasteiger partial charge in [-0.1, -0.05) is 256 Å². The molecule has 0 radical (unpaired) electrons. The van der Waals surface area contributed by atoms with Crippen molar-refractivity contribution in [2.45, 2.75) is 290 Å². The topological polar surface area (TPSA) is 78.9 Å². The Morgan fingerprint density at radius 3 is 0.953 bits per heavy atom. The number of hydrogen-bond donors (Lipinski definition) is 0. The Kier molecular flexibility index (Phi) is 50.8. The molecule has 0 rings (SSSR count). The highest BCUT2D eigenvalue weighted by molar-refractivity contribution is 5.71. The van der Waals surface area contributed by atoms with Crippen LogP contribution in [0.2, 0.25) is 0 Å². The summed E-state index contributed by atoms with van der Waals surface area (Å²) in [4.78, 5) is 38.1. The molecule has 372 valence electrons. The lowest BCUT2D eigenvalue weighted by atomic mass is 10.0. The second-order valence-electron chi connectivity index (χ2n) is 18.5. The minimum Gasteiger partial charge on any atom is -0.462 e. The van der Waals surface area contributed by atoms with Crippen LogP contribution in [-0.2, 0) is 28.6 Å². The number of ether oxygens (including phenoxy) is 3. The van der Waals surface area contributed by atoms with Gasteiger partial charge in [-0.05, 0) is 57.8 Å². The molecule has 0 spiro atoms. The predicted molar refractivity (Wildman–Crippen MR) is 275 cm³/mol. The van der Waals surface area contributed by atoms with E-state index in [0.717, 1.165) is 96.3 Å². The van der Waals surface area contributed by atoms with Gasteiger partial charge in [0.2, 0.25) is 0 Å². The third-order valence-corrected chi connectivity index (χ3v) is 12.1. The average molecular weight is 897 g/mol. The zero-order valence-corrected chi connectivity index (χ0v) is 42.6. The minimum absolute atomic E-state index is 0.0791. The molecular formula is C58H104O6. The van der Waals surface area contributed by atoms with E-state index in [1.54, 1.807) is 0 Å². The van der Waals surface area contributed by atoms with Crippen LogP contribution in [0.5, 0.6) is 0 Å². The Morgan fingerprint density at radius 1 is 0.328 bits per heavy atom. The van der Waals surface area contributed by atoms with Crippen molar-refractivity contribution in [3.63, 3.8) is 0 Å². The normalized spacial score (nSPS) is 12.4. The van der Waals surface area contributed by atoms with Crippen LogP contribution in [0.4, 0.5) is 0 Å². The number of allylic oxidation sites excluding steroid dienone is 8. The van der Waals surface area contributed by atoms with Crippen LogP contribution in [-0.4, -0.2) is 37.2 Å². The van der Waals surface area contributed by atoms with Gasteiger partial charge < -0.3 is 14.2 Å². The number of rotatable bonds is 50. The molecule has 0 aromatic heterocycles. The van der Waals surface area contributed by atoms with Crippen molar-refractivity contribution in [1.82, 2.24) is 0 Å². The van der Waals surface area contributed by atoms with Gasteiger partial charge >= 0.3 is 17.9 Å². The highest BCUT2D eigenvalue weighted by Gasteiger charge is 2.19. The highest BCUT2D eigenvalue weighted by atomic mass is 16.6. The predicted octanol–water partition coefficient (Wildman–Crippen LogP) is 18.3. The van der Waals surface area contributed by atoms with E-state index in [4.69, 9.17) is 14.2 Å². The molecule has 0 fully saturated rings. The molecular weight excluding hydrogens is 793 g/mol. The second kappa shape index (κ2) is 53.0. The summed E-state index contributed by atoms with van der Waals surface area (Å²) >= 11 is 0. The second-order valence-corrected chi connectivity index (χ2v) is 18.5. The van der Waals surface area contributed by atoms with E-state index in [1.165, 1.54) is 148 Å². The van der Waals surface area contributed by atoms with Crippen LogP contribution in [0.1, 0.15) is 284 Å². The SMILES string of the molecule is CC/C=C\C/C=C\C/C=C\C/C=C\CCCCCCC(=O)O[C@@H](COC(=O)CCCCCCCCCCCCCC)COC(=O)CCCCCCCCCCCCCCCCCCC. The summed E-state index contributed by atoms with van der Waals surface area (Å²) in [6, 6.07) is 0. The van der Waals surface area contributed by atoms with E-state index in [-0.39, 0.29) is 31.1 Å². The van der Waals surface area contributed by atoms with Gasteiger partial charge in [-0.15, -0.1) is 0 Å². The van der Waals surface area contributed by atoms with Gasteiger partial charge in [0.1, 0.15) is 13.2 Å². The summed E-state index contributed by atoms with van der Waals surface area (Å²) in [5, 5.41) is 0. The van der Waals surface area contributed by atoms with E-state index in [1.807, 2.05) is 0 Å². The van der Waals surface area contributed by atoms with Crippen molar-refractivity contribution in [2.24, 2.45) is 0 Å². The molecule has 6 nitrogen and oxygen atoms in total. The van der Waals surface area contributed by atoms with Crippen molar-refractivity contribution in [2.75, 3.05) is 13.2 Å². The molecule has 0 aromatic carbocycles. The number of unbranched alkanes of at least 4 members (excludes halogenated alkanes) is 31. The molecule has 0 bridgehead atoms. The lowest BCUT2D eigenvalue weighted by Crippen LogP contribution is -2.30. The minimum atomic E-state index is -0.781. The van der Waals surface area contributed by atoms with Crippen LogP contribution < -0.4 is 0 Å².